The van der Waals surface area contributed by atoms with E-state index in [2.05, 4.69) is 6.07 Å². The summed E-state index contributed by atoms with van der Waals surface area (Å²) >= 11 is 0. The Morgan fingerprint density at radius 2 is 1.76 bits per heavy atom. The molecule has 1 aromatic heterocycles. The second-order valence-electron chi connectivity index (χ2n) is 7.77. The number of aromatic nitrogens is 1. The largest absolute Gasteiger partial charge is 0.336 e. The number of rotatable bonds is 3. The highest BCUT2D eigenvalue weighted by molar-refractivity contribution is 7.88. The zero-order valence-electron chi connectivity index (χ0n) is 16.7. The number of amides is 1. The number of fused-ring (bicyclic) bond motifs is 1. The Hall–Kier alpha value is -2.45. The van der Waals surface area contributed by atoms with Gasteiger partial charge in [-0.05, 0) is 55.0 Å². The van der Waals surface area contributed by atoms with E-state index >= 15 is 0 Å². The number of carbonyl (C=O) groups excluding carboxylic acids is 1. The first-order chi connectivity index (χ1) is 13.8. The number of carbonyl (C=O) groups is 1. The molecule has 0 spiro atoms. The van der Waals surface area contributed by atoms with Crippen molar-refractivity contribution >= 4 is 15.9 Å². The van der Waals surface area contributed by atoms with Crippen LogP contribution < -0.4 is 5.56 Å². The van der Waals surface area contributed by atoms with Crippen molar-refractivity contribution in [2.45, 2.75) is 26.2 Å². The fourth-order valence-electron chi connectivity index (χ4n) is 4.28. The molecule has 0 radical (unpaired) electrons. The molecule has 1 saturated heterocycles. The molecule has 1 aromatic carbocycles. The van der Waals surface area contributed by atoms with Crippen molar-refractivity contribution < 1.29 is 13.2 Å². The van der Waals surface area contributed by atoms with Gasteiger partial charge < -0.3 is 4.90 Å². The summed E-state index contributed by atoms with van der Waals surface area (Å²) in [5, 5.41) is 0. The molecule has 0 saturated carbocycles. The van der Waals surface area contributed by atoms with Gasteiger partial charge in [-0.25, -0.2) is 8.42 Å². The van der Waals surface area contributed by atoms with Gasteiger partial charge in [-0.15, -0.1) is 0 Å². The van der Waals surface area contributed by atoms with Crippen molar-refractivity contribution in [3.05, 3.63) is 63.1 Å². The number of pyridine rings is 1. The maximum Gasteiger partial charge on any atom is 0.268 e. The van der Waals surface area contributed by atoms with Crippen LogP contribution in [0.4, 0.5) is 0 Å². The Balaban J connectivity index is 1.68. The van der Waals surface area contributed by atoms with Gasteiger partial charge in [0.2, 0.25) is 10.0 Å². The van der Waals surface area contributed by atoms with Crippen molar-refractivity contribution in [2.24, 2.45) is 0 Å². The van der Waals surface area contributed by atoms with Crippen LogP contribution >= 0.6 is 0 Å². The molecule has 4 rings (SSSR count). The molecule has 2 heterocycles. The van der Waals surface area contributed by atoms with Gasteiger partial charge in [0.15, 0.2) is 0 Å². The fraction of sp³-hybridized carbons (Fsp3) is 0.429. The predicted molar refractivity (Wildman–Crippen MR) is 111 cm³/mol. The molecular formula is C21H25N3O4S. The molecule has 8 heteroatoms. The quantitative estimate of drug-likeness (QED) is 0.758. The van der Waals surface area contributed by atoms with Crippen LogP contribution in [0.1, 0.15) is 33.5 Å². The number of sulfonamides is 1. The minimum absolute atomic E-state index is 0.163. The van der Waals surface area contributed by atoms with E-state index in [0.717, 1.165) is 24.9 Å². The highest BCUT2D eigenvalue weighted by Gasteiger charge is 2.29. The maximum atomic E-state index is 13.3. The number of benzene rings is 1. The van der Waals surface area contributed by atoms with Crippen LogP contribution in [0.25, 0.3) is 5.69 Å². The average molecular weight is 416 g/mol. The maximum absolute atomic E-state index is 13.3. The zero-order valence-corrected chi connectivity index (χ0v) is 17.5. The summed E-state index contributed by atoms with van der Waals surface area (Å²) < 4.78 is 26.4. The van der Waals surface area contributed by atoms with E-state index in [-0.39, 0.29) is 43.2 Å². The van der Waals surface area contributed by atoms with Gasteiger partial charge in [0.05, 0.1) is 11.9 Å². The number of hydrogen-bond donors (Lipinski definition) is 0. The summed E-state index contributed by atoms with van der Waals surface area (Å²) in [4.78, 5) is 28.0. The van der Waals surface area contributed by atoms with Crippen molar-refractivity contribution in [3.63, 3.8) is 0 Å². The Morgan fingerprint density at radius 3 is 2.45 bits per heavy atom. The second kappa shape index (κ2) is 7.42. The highest BCUT2D eigenvalue weighted by Crippen LogP contribution is 2.27. The first kappa shape index (κ1) is 19.8. The van der Waals surface area contributed by atoms with Gasteiger partial charge in [0, 0.05) is 32.4 Å². The summed E-state index contributed by atoms with van der Waals surface area (Å²) in [6.07, 6.45) is 5.93. The van der Waals surface area contributed by atoms with E-state index in [1.807, 2.05) is 12.1 Å². The van der Waals surface area contributed by atoms with E-state index in [0.29, 0.717) is 5.56 Å². The lowest BCUT2D eigenvalue weighted by Gasteiger charge is -2.33. The standard InChI is InChI=1S/C21H25N3O4S/c1-15-9-10-24(18-8-4-6-16-5-3-7-17(16)18)21(26)19(15)20(25)22-11-13-23(14-12-22)29(2,27)28/h4,6,8-10H,3,5,7,11-14H2,1-2H3. The minimum atomic E-state index is -3.28. The van der Waals surface area contributed by atoms with E-state index in [1.54, 1.807) is 28.7 Å². The molecule has 7 nitrogen and oxygen atoms in total. The monoisotopic (exact) mass is 415 g/mol. The number of aryl methyl sites for hydroxylation is 2. The molecule has 154 valence electrons. The topological polar surface area (TPSA) is 79.7 Å². The molecule has 2 aliphatic rings. The highest BCUT2D eigenvalue weighted by atomic mass is 32.2. The molecule has 1 aliphatic carbocycles. The summed E-state index contributed by atoms with van der Waals surface area (Å²) in [5.41, 5.74) is 3.77. The first-order valence-corrected chi connectivity index (χ1v) is 11.7. The van der Waals surface area contributed by atoms with Crippen molar-refractivity contribution in [3.8, 4) is 5.69 Å². The molecule has 0 unspecified atom stereocenters. The summed E-state index contributed by atoms with van der Waals surface area (Å²) in [5.74, 6) is -0.331. The molecule has 0 bridgehead atoms. The first-order valence-electron chi connectivity index (χ1n) is 9.85. The third-order valence-corrected chi connectivity index (χ3v) is 7.19. The van der Waals surface area contributed by atoms with Gasteiger partial charge in [-0.2, -0.15) is 4.31 Å². The SMILES string of the molecule is Cc1ccn(-c2cccc3c2CCC3)c(=O)c1C(=O)N1CCN(S(C)(=O)=O)CC1. The van der Waals surface area contributed by atoms with Crippen molar-refractivity contribution in [1.29, 1.82) is 0 Å². The van der Waals surface area contributed by atoms with Crippen LogP contribution in [0.5, 0.6) is 0 Å². The molecule has 0 atom stereocenters. The molecule has 0 N–H and O–H groups in total. The third-order valence-electron chi connectivity index (χ3n) is 5.89. The third kappa shape index (κ3) is 3.62. The van der Waals surface area contributed by atoms with Crippen LogP contribution in [-0.4, -0.2) is 60.5 Å². The van der Waals surface area contributed by atoms with Gasteiger partial charge in [-0.1, -0.05) is 12.1 Å². The van der Waals surface area contributed by atoms with Gasteiger partial charge in [-0.3, -0.25) is 14.2 Å². The normalized spacial score (nSPS) is 17.4. The molecule has 29 heavy (non-hydrogen) atoms. The fourth-order valence-corrected chi connectivity index (χ4v) is 5.11. The van der Waals surface area contributed by atoms with Gasteiger partial charge >= 0.3 is 0 Å². The summed E-state index contributed by atoms with van der Waals surface area (Å²) in [7, 11) is -3.28. The number of piperazine rings is 1. The van der Waals surface area contributed by atoms with E-state index < -0.39 is 10.0 Å². The van der Waals surface area contributed by atoms with Crippen LogP contribution in [0.15, 0.2) is 35.3 Å². The lowest BCUT2D eigenvalue weighted by molar-refractivity contribution is 0.0695. The summed E-state index contributed by atoms with van der Waals surface area (Å²) in [6, 6.07) is 7.78. The smallest absolute Gasteiger partial charge is 0.268 e. The van der Waals surface area contributed by atoms with Crippen LogP contribution in [0.2, 0.25) is 0 Å². The Kier molecular flexibility index (Phi) is 5.08. The summed E-state index contributed by atoms with van der Waals surface area (Å²) in [6.45, 7) is 2.82. The zero-order chi connectivity index (χ0) is 20.8. The van der Waals surface area contributed by atoms with Crippen LogP contribution in [-0.2, 0) is 22.9 Å². The molecule has 2 aromatic rings. The number of hydrogen-bond acceptors (Lipinski definition) is 4. The Labute approximate surface area is 170 Å². The minimum Gasteiger partial charge on any atom is -0.336 e. The van der Waals surface area contributed by atoms with Crippen LogP contribution in [0.3, 0.4) is 0 Å². The lowest BCUT2D eigenvalue weighted by atomic mass is 10.1. The second-order valence-corrected chi connectivity index (χ2v) is 9.75. The van der Waals surface area contributed by atoms with Gasteiger partial charge in [0.25, 0.3) is 11.5 Å². The van der Waals surface area contributed by atoms with Crippen LogP contribution in [0, 0.1) is 6.92 Å². The predicted octanol–water partition coefficient (Wildman–Crippen LogP) is 1.35. The van der Waals surface area contributed by atoms with E-state index in [1.165, 1.54) is 21.7 Å². The van der Waals surface area contributed by atoms with E-state index in [9.17, 15) is 18.0 Å². The van der Waals surface area contributed by atoms with E-state index in [4.69, 9.17) is 0 Å². The molecular weight excluding hydrogens is 390 g/mol. The van der Waals surface area contributed by atoms with Gasteiger partial charge in [0.1, 0.15) is 5.56 Å². The molecule has 1 aliphatic heterocycles. The molecule has 1 amide bonds. The van der Waals surface area contributed by atoms with Crippen molar-refractivity contribution in [1.82, 2.24) is 13.8 Å². The van der Waals surface area contributed by atoms with Crippen molar-refractivity contribution in [2.75, 3.05) is 32.4 Å². The Morgan fingerprint density at radius 1 is 1.03 bits per heavy atom. The average Bonchev–Trinajstić information content (AvgIpc) is 3.16. The number of nitrogens with zero attached hydrogens (tertiary/aromatic N) is 3. The lowest BCUT2D eigenvalue weighted by Crippen LogP contribution is -2.51. The Bertz CT molecular complexity index is 1130. The molecule has 1 fully saturated rings.